The van der Waals surface area contributed by atoms with Crippen LogP contribution in [0.3, 0.4) is 0 Å². The van der Waals surface area contributed by atoms with Crippen molar-refractivity contribution >= 4 is 21.6 Å². The van der Waals surface area contributed by atoms with Gasteiger partial charge in [-0.25, -0.2) is 13.1 Å². The van der Waals surface area contributed by atoms with Crippen LogP contribution in [-0.2, 0) is 10.0 Å². The summed E-state index contributed by atoms with van der Waals surface area (Å²) < 4.78 is 32.4. The molecule has 0 saturated heterocycles. The highest BCUT2D eigenvalue weighted by Crippen LogP contribution is 2.18. The van der Waals surface area contributed by atoms with Crippen LogP contribution in [0.25, 0.3) is 0 Å². The molecule has 0 saturated carbocycles. The minimum absolute atomic E-state index is 0.0461. The second-order valence-corrected chi connectivity index (χ2v) is 8.25. The van der Waals surface area contributed by atoms with Gasteiger partial charge in [0.1, 0.15) is 5.75 Å². The number of carbonyl (C=O) groups is 1. The van der Waals surface area contributed by atoms with Crippen molar-refractivity contribution in [2.75, 3.05) is 12.4 Å². The van der Waals surface area contributed by atoms with Gasteiger partial charge in [-0.3, -0.25) is 4.79 Å². The van der Waals surface area contributed by atoms with Crippen LogP contribution in [0.5, 0.6) is 5.75 Å². The first-order valence-corrected chi connectivity index (χ1v) is 9.18. The molecule has 1 amide bonds. The Balaban J connectivity index is 2.21. The summed E-state index contributed by atoms with van der Waals surface area (Å²) in [6.45, 7) is 5.26. The molecule has 2 aromatic rings. The zero-order valence-corrected chi connectivity index (χ0v) is 15.5. The van der Waals surface area contributed by atoms with E-state index in [0.717, 1.165) is 0 Å². The van der Waals surface area contributed by atoms with E-state index < -0.39 is 21.5 Å². The van der Waals surface area contributed by atoms with Crippen LogP contribution >= 0.6 is 0 Å². The molecule has 0 aromatic heterocycles. The standard InChI is InChI=1S/C18H22N2O4S/c1-18(2,3)20-25(22,23)16-7-5-6-13(12-16)17(21)19-14-8-10-15(24-4)11-9-14/h5-12,20H,1-4H3,(H,19,21). The van der Waals surface area contributed by atoms with Gasteiger partial charge in [-0.05, 0) is 63.2 Å². The molecular weight excluding hydrogens is 340 g/mol. The molecule has 0 aliphatic carbocycles. The van der Waals surface area contributed by atoms with Gasteiger partial charge >= 0.3 is 0 Å². The molecule has 0 heterocycles. The lowest BCUT2D eigenvalue weighted by atomic mass is 10.1. The summed E-state index contributed by atoms with van der Waals surface area (Å²) in [5, 5.41) is 2.73. The van der Waals surface area contributed by atoms with Crippen LogP contribution in [0.1, 0.15) is 31.1 Å². The molecule has 0 atom stereocenters. The van der Waals surface area contributed by atoms with E-state index in [1.165, 1.54) is 12.1 Å². The summed E-state index contributed by atoms with van der Waals surface area (Å²) in [7, 11) is -2.14. The van der Waals surface area contributed by atoms with Gasteiger partial charge in [0.2, 0.25) is 10.0 Å². The highest BCUT2D eigenvalue weighted by molar-refractivity contribution is 7.89. The summed E-state index contributed by atoms with van der Waals surface area (Å²) in [5.74, 6) is 0.289. The minimum Gasteiger partial charge on any atom is -0.497 e. The molecule has 0 bridgehead atoms. The monoisotopic (exact) mass is 362 g/mol. The molecule has 0 radical (unpaired) electrons. The SMILES string of the molecule is COc1ccc(NC(=O)c2cccc(S(=O)(=O)NC(C)(C)C)c2)cc1. The molecule has 134 valence electrons. The number of sulfonamides is 1. The zero-order chi connectivity index (χ0) is 18.7. The van der Waals surface area contributed by atoms with E-state index in [-0.39, 0.29) is 10.5 Å². The van der Waals surface area contributed by atoms with Crippen LogP contribution in [0.15, 0.2) is 53.4 Å². The summed E-state index contributed by atoms with van der Waals surface area (Å²) in [6, 6.07) is 12.8. The highest BCUT2D eigenvalue weighted by atomic mass is 32.2. The van der Waals surface area contributed by atoms with Gasteiger partial charge in [0, 0.05) is 16.8 Å². The second-order valence-electron chi connectivity index (χ2n) is 6.57. The summed E-state index contributed by atoms with van der Waals surface area (Å²) in [6.07, 6.45) is 0. The molecule has 2 rings (SSSR count). The van der Waals surface area contributed by atoms with Crippen molar-refractivity contribution in [3.8, 4) is 5.75 Å². The van der Waals surface area contributed by atoms with E-state index in [4.69, 9.17) is 4.74 Å². The number of anilines is 1. The maximum Gasteiger partial charge on any atom is 0.255 e. The minimum atomic E-state index is -3.70. The number of hydrogen-bond donors (Lipinski definition) is 2. The first-order valence-electron chi connectivity index (χ1n) is 7.70. The number of amides is 1. The van der Waals surface area contributed by atoms with Crippen LogP contribution in [-0.4, -0.2) is 27.0 Å². The Morgan fingerprint density at radius 2 is 1.68 bits per heavy atom. The second kappa shape index (κ2) is 7.25. The Hall–Kier alpha value is -2.38. The summed E-state index contributed by atoms with van der Waals surface area (Å²) >= 11 is 0. The molecule has 0 spiro atoms. The van der Waals surface area contributed by atoms with Crippen LogP contribution in [0, 0.1) is 0 Å². The number of carbonyl (C=O) groups excluding carboxylic acids is 1. The van der Waals surface area contributed by atoms with Gasteiger partial charge in [0.05, 0.1) is 12.0 Å². The van der Waals surface area contributed by atoms with Crippen molar-refractivity contribution in [3.63, 3.8) is 0 Å². The Morgan fingerprint density at radius 3 is 2.24 bits per heavy atom. The highest BCUT2D eigenvalue weighted by Gasteiger charge is 2.22. The first kappa shape index (κ1) is 19.0. The van der Waals surface area contributed by atoms with Crippen LogP contribution < -0.4 is 14.8 Å². The number of methoxy groups -OCH3 is 1. The van der Waals surface area contributed by atoms with Crippen molar-refractivity contribution in [1.29, 1.82) is 0 Å². The van der Waals surface area contributed by atoms with Gasteiger partial charge in [-0.1, -0.05) is 6.07 Å². The largest absolute Gasteiger partial charge is 0.497 e. The smallest absolute Gasteiger partial charge is 0.255 e. The first-order chi connectivity index (χ1) is 11.6. The van der Waals surface area contributed by atoms with Crippen molar-refractivity contribution in [2.45, 2.75) is 31.2 Å². The van der Waals surface area contributed by atoms with Gasteiger partial charge in [-0.15, -0.1) is 0 Å². The summed E-state index contributed by atoms with van der Waals surface area (Å²) in [5.41, 5.74) is 0.236. The third-order valence-electron chi connectivity index (χ3n) is 3.19. The van der Waals surface area contributed by atoms with Gasteiger partial charge in [-0.2, -0.15) is 0 Å². The lowest BCUT2D eigenvalue weighted by Gasteiger charge is -2.20. The maximum absolute atomic E-state index is 12.4. The number of nitrogens with one attached hydrogen (secondary N) is 2. The van der Waals surface area contributed by atoms with Crippen molar-refractivity contribution < 1.29 is 17.9 Å². The quantitative estimate of drug-likeness (QED) is 0.856. The molecule has 6 nitrogen and oxygen atoms in total. The van der Waals surface area contributed by atoms with Gasteiger partial charge in [0.15, 0.2) is 0 Å². The topological polar surface area (TPSA) is 84.5 Å². The third kappa shape index (κ3) is 5.30. The summed E-state index contributed by atoms with van der Waals surface area (Å²) in [4.78, 5) is 12.4. The number of hydrogen-bond acceptors (Lipinski definition) is 4. The van der Waals surface area contributed by atoms with E-state index >= 15 is 0 Å². The Kier molecular flexibility index (Phi) is 5.49. The molecule has 0 unspecified atom stereocenters. The normalized spacial score (nSPS) is 11.8. The Bertz CT molecular complexity index is 853. The van der Waals surface area contributed by atoms with Crippen LogP contribution in [0.2, 0.25) is 0 Å². The fourth-order valence-electron chi connectivity index (χ4n) is 2.14. The molecule has 2 N–H and O–H groups in total. The van der Waals surface area contributed by atoms with E-state index in [1.807, 2.05) is 0 Å². The average molecular weight is 362 g/mol. The van der Waals surface area contributed by atoms with Crippen molar-refractivity contribution in [3.05, 3.63) is 54.1 Å². The average Bonchev–Trinajstić information content (AvgIpc) is 2.53. The molecule has 7 heteroatoms. The van der Waals surface area contributed by atoms with E-state index in [1.54, 1.807) is 64.3 Å². The fourth-order valence-corrected chi connectivity index (χ4v) is 3.61. The molecule has 2 aromatic carbocycles. The van der Waals surface area contributed by atoms with Gasteiger partial charge in [0.25, 0.3) is 5.91 Å². The lowest BCUT2D eigenvalue weighted by Crippen LogP contribution is -2.40. The fraction of sp³-hybridized carbons (Fsp3) is 0.278. The predicted octanol–water partition coefficient (Wildman–Crippen LogP) is 3.02. The molecule has 25 heavy (non-hydrogen) atoms. The third-order valence-corrected chi connectivity index (χ3v) is 4.95. The molecular formula is C18H22N2O4S. The van der Waals surface area contributed by atoms with E-state index in [0.29, 0.717) is 11.4 Å². The maximum atomic E-state index is 12.4. The van der Waals surface area contributed by atoms with Gasteiger partial charge < -0.3 is 10.1 Å². The number of benzene rings is 2. The number of ether oxygens (including phenoxy) is 1. The van der Waals surface area contributed by atoms with Crippen molar-refractivity contribution in [2.24, 2.45) is 0 Å². The lowest BCUT2D eigenvalue weighted by molar-refractivity contribution is 0.102. The predicted molar refractivity (Wildman–Crippen MR) is 97.5 cm³/mol. The van der Waals surface area contributed by atoms with Crippen molar-refractivity contribution in [1.82, 2.24) is 4.72 Å². The molecule has 0 aliphatic heterocycles. The Morgan fingerprint density at radius 1 is 1.04 bits per heavy atom. The number of rotatable bonds is 5. The van der Waals surface area contributed by atoms with Crippen LogP contribution in [0.4, 0.5) is 5.69 Å². The molecule has 0 fully saturated rings. The van der Waals surface area contributed by atoms with E-state index in [9.17, 15) is 13.2 Å². The molecule has 0 aliphatic rings. The van der Waals surface area contributed by atoms with E-state index in [2.05, 4.69) is 10.0 Å². The Labute approximate surface area is 148 Å². The zero-order valence-electron chi connectivity index (χ0n) is 14.7.